The summed E-state index contributed by atoms with van der Waals surface area (Å²) in [6.45, 7) is 1.72. The molecule has 0 spiro atoms. The number of hydrogen-bond acceptors (Lipinski definition) is 7. The van der Waals surface area contributed by atoms with E-state index in [-0.39, 0.29) is 5.75 Å². The third-order valence-electron chi connectivity index (χ3n) is 5.90. The van der Waals surface area contributed by atoms with Gasteiger partial charge in [-0.3, -0.25) is 9.38 Å². The average molecular weight is 436 g/mol. The number of aliphatic hydroxyl groups is 1. The van der Waals surface area contributed by atoms with Gasteiger partial charge in [0, 0.05) is 17.9 Å². The Kier molecular flexibility index (Phi) is 4.62. The molecule has 1 N–H and O–H groups in total. The minimum Gasteiger partial charge on any atom is -0.490 e. The second kappa shape index (κ2) is 7.64. The fourth-order valence-corrected chi connectivity index (χ4v) is 3.88. The van der Waals surface area contributed by atoms with Crippen molar-refractivity contribution < 1.29 is 19.0 Å². The molecule has 1 saturated carbocycles. The van der Waals surface area contributed by atoms with Crippen LogP contribution in [0.25, 0.3) is 11.2 Å². The van der Waals surface area contributed by atoms with Gasteiger partial charge in [0.25, 0.3) is 0 Å². The summed E-state index contributed by atoms with van der Waals surface area (Å²) in [7, 11) is 0. The van der Waals surface area contributed by atoms with Crippen molar-refractivity contribution in [2.24, 2.45) is 5.92 Å². The molecule has 2 aliphatic rings. The number of ether oxygens (including phenoxy) is 2. The lowest BCUT2D eigenvalue weighted by Gasteiger charge is -2.25. The molecule has 32 heavy (non-hydrogen) atoms. The molecule has 1 aliphatic heterocycles. The molecule has 0 radical (unpaired) electrons. The first kappa shape index (κ1) is 19.3. The van der Waals surface area contributed by atoms with E-state index < -0.39 is 11.9 Å². The zero-order valence-corrected chi connectivity index (χ0v) is 17.1. The Morgan fingerprint density at radius 3 is 2.88 bits per heavy atom. The largest absolute Gasteiger partial charge is 0.490 e. The second-order valence-corrected chi connectivity index (χ2v) is 8.31. The van der Waals surface area contributed by atoms with Crippen LogP contribution in [0.3, 0.4) is 0 Å². The molecule has 164 valence electrons. The van der Waals surface area contributed by atoms with E-state index in [0.717, 1.165) is 24.1 Å². The van der Waals surface area contributed by atoms with E-state index in [9.17, 15) is 9.50 Å². The average Bonchev–Trinajstić information content (AvgIpc) is 3.29. The van der Waals surface area contributed by atoms with Gasteiger partial charge in [0.2, 0.25) is 0 Å². The molecule has 4 heterocycles. The number of fused-ring (bicyclic) bond motifs is 1. The predicted molar refractivity (Wildman–Crippen MR) is 110 cm³/mol. The Bertz CT molecular complexity index is 1280. The number of aliphatic hydroxyl groups excluding tert-OH is 1. The third-order valence-corrected chi connectivity index (χ3v) is 5.90. The van der Waals surface area contributed by atoms with Crippen LogP contribution in [0.2, 0.25) is 0 Å². The van der Waals surface area contributed by atoms with Crippen molar-refractivity contribution in [1.82, 2.24) is 29.4 Å². The van der Waals surface area contributed by atoms with Gasteiger partial charge in [0.15, 0.2) is 11.6 Å². The lowest BCUT2D eigenvalue weighted by molar-refractivity contribution is -0.0512. The maximum absolute atomic E-state index is 14.5. The van der Waals surface area contributed by atoms with E-state index >= 15 is 0 Å². The number of halogens is 1. The Morgan fingerprint density at radius 1 is 1.25 bits per heavy atom. The van der Waals surface area contributed by atoms with Crippen molar-refractivity contribution in [3.63, 3.8) is 0 Å². The second-order valence-electron chi connectivity index (χ2n) is 8.31. The molecule has 2 fully saturated rings. The molecule has 0 bridgehead atoms. The molecular weight excluding hydrogens is 415 g/mol. The van der Waals surface area contributed by atoms with Crippen LogP contribution < -0.4 is 4.74 Å². The Hall–Kier alpha value is -3.37. The summed E-state index contributed by atoms with van der Waals surface area (Å²) in [6.07, 6.45) is 7.76. The van der Waals surface area contributed by atoms with Gasteiger partial charge in [0.05, 0.1) is 67.3 Å². The number of nitrogens with zero attached hydrogens (tertiary/aromatic N) is 6. The number of benzene rings is 1. The monoisotopic (exact) mass is 436 g/mol. The lowest BCUT2D eigenvalue weighted by atomic mass is 10.1. The van der Waals surface area contributed by atoms with Gasteiger partial charge in [-0.05, 0) is 25.0 Å². The first-order valence-corrected chi connectivity index (χ1v) is 10.6. The highest BCUT2D eigenvalue weighted by atomic mass is 19.1. The first-order valence-electron chi connectivity index (χ1n) is 10.6. The summed E-state index contributed by atoms with van der Waals surface area (Å²) >= 11 is 0. The Labute approximate surface area is 182 Å². The molecule has 1 aromatic carbocycles. The summed E-state index contributed by atoms with van der Waals surface area (Å²) in [4.78, 5) is 8.74. The van der Waals surface area contributed by atoms with E-state index in [1.807, 2.05) is 4.40 Å². The molecule has 9 nitrogen and oxygen atoms in total. The molecule has 6 rings (SSSR count). The van der Waals surface area contributed by atoms with Crippen molar-refractivity contribution >= 4 is 5.52 Å². The molecule has 3 aromatic heterocycles. The highest BCUT2D eigenvalue weighted by molar-refractivity contribution is 5.47. The quantitative estimate of drug-likeness (QED) is 0.475. The minimum absolute atomic E-state index is 0.188. The van der Waals surface area contributed by atoms with Gasteiger partial charge in [-0.2, -0.15) is 0 Å². The minimum atomic E-state index is -1.04. The van der Waals surface area contributed by atoms with E-state index in [2.05, 4.69) is 20.3 Å². The fraction of sp³-hybridized carbons (Fsp3) is 0.364. The van der Waals surface area contributed by atoms with E-state index in [4.69, 9.17) is 9.47 Å². The standard InChI is InChI=1S/C22H21FN6O3/c23-17-5-15(3-4-19(17)32-11-13-9-31-10-13)29-8-18(26-27-29)22(30)21-20(14-1-2-14)25-7-16-6-24-12-28(16)21/h3-8,12-14,22,30H,1-2,9-11H2. The molecule has 1 saturated heterocycles. The zero-order chi connectivity index (χ0) is 21.7. The van der Waals surface area contributed by atoms with Crippen LogP contribution in [0, 0.1) is 11.7 Å². The van der Waals surface area contributed by atoms with Gasteiger partial charge in [-0.15, -0.1) is 5.10 Å². The lowest BCUT2D eigenvalue weighted by Crippen LogP contribution is -2.32. The number of hydrogen-bond donors (Lipinski definition) is 1. The van der Waals surface area contributed by atoms with E-state index in [0.29, 0.717) is 48.7 Å². The number of imidazole rings is 1. The molecule has 4 aromatic rings. The van der Waals surface area contributed by atoms with Crippen LogP contribution in [-0.2, 0) is 4.74 Å². The fourth-order valence-electron chi connectivity index (χ4n) is 3.88. The van der Waals surface area contributed by atoms with Gasteiger partial charge >= 0.3 is 0 Å². The molecular formula is C22H21FN6O3. The maximum atomic E-state index is 14.5. The van der Waals surface area contributed by atoms with Crippen LogP contribution in [0.1, 0.15) is 41.9 Å². The highest BCUT2D eigenvalue weighted by Crippen LogP contribution is 2.42. The normalized spacial score (nSPS) is 17.4. The van der Waals surface area contributed by atoms with Crippen LogP contribution in [-0.4, -0.2) is 54.3 Å². The van der Waals surface area contributed by atoms with Gasteiger partial charge in [0.1, 0.15) is 11.8 Å². The smallest absolute Gasteiger partial charge is 0.167 e. The number of aromatic nitrogens is 6. The summed E-state index contributed by atoms with van der Waals surface area (Å²) in [5.41, 5.74) is 3.11. The van der Waals surface area contributed by atoms with Gasteiger partial charge in [-0.25, -0.2) is 14.1 Å². The summed E-state index contributed by atoms with van der Waals surface area (Å²) in [5, 5.41) is 19.4. The molecule has 0 amide bonds. The van der Waals surface area contributed by atoms with Crippen LogP contribution in [0.5, 0.6) is 5.75 Å². The first-order chi connectivity index (χ1) is 15.7. The zero-order valence-electron chi connectivity index (χ0n) is 17.1. The van der Waals surface area contributed by atoms with Gasteiger partial charge < -0.3 is 14.6 Å². The van der Waals surface area contributed by atoms with E-state index in [1.165, 1.54) is 10.7 Å². The Balaban J connectivity index is 1.27. The van der Waals surface area contributed by atoms with Gasteiger partial charge in [-0.1, -0.05) is 5.21 Å². The third kappa shape index (κ3) is 3.41. The number of rotatable bonds is 7. The van der Waals surface area contributed by atoms with Crippen LogP contribution in [0.4, 0.5) is 4.39 Å². The SMILES string of the molecule is OC(c1cn(-c2ccc(OCC3COC3)c(F)c2)nn1)c1c(C2CC2)ncc2cncn12. The van der Waals surface area contributed by atoms with Crippen molar-refractivity contribution in [3.05, 3.63) is 66.0 Å². The molecule has 1 unspecified atom stereocenters. The summed E-state index contributed by atoms with van der Waals surface area (Å²) in [5.74, 6) is 0.342. The van der Waals surface area contributed by atoms with Crippen LogP contribution in [0.15, 0.2) is 43.1 Å². The molecule has 1 aliphatic carbocycles. The topological polar surface area (TPSA) is 99.6 Å². The summed E-state index contributed by atoms with van der Waals surface area (Å²) < 4.78 is 28.5. The van der Waals surface area contributed by atoms with Crippen molar-refractivity contribution in [3.8, 4) is 11.4 Å². The van der Waals surface area contributed by atoms with Crippen LogP contribution >= 0.6 is 0 Å². The predicted octanol–water partition coefficient (Wildman–Crippen LogP) is 2.43. The van der Waals surface area contributed by atoms with Crippen molar-refractivity contribution in [1.29, 1.82) is 0 Å². The highest BCUT2D eigenvalue weighted by Gasteiger charge is 2.32. The Morgan fingerprint density at radius 2 is 2.12 bits per heavy atom. The van der Waals surface area contributed by atoms with Crippen molar-refractivity contribution in [2.45, 2.75) is 24.9 Å². The molecule has 1 atom stereocenters. The maximum Gasteiger partial charge on any atom is 0.167 e. The van der Waals surface area contributed by atoms with Crippen molar-refractivity contribution in [2.75, 3.05) is 19.8 Å². The molecule has 10 heteroatoms. The summed E-state index contributed by atoms with van der Waals surface area (Å²) in [6, 6.07) is 4.61. The van der Waals surface area contributed by atoms with E-state index in [1.54, 1.807) is 37.1 Å².